The van der Waals surface area contributed by atoms with E-state index in [0.29, 0.717) is 45.3 Å². The van der Waals surface area contributed by atoms with Crippen molar-refractivity contribution in [1.29, 1.82) is 0 Å². The molecule has 2 saturated heterocycles. The molecule has 3 heterocycles. The molecule has 0 radical (unpaired) electrons. The van der Waals surface area contributed by atoms with E-state index in [1.165, 1.54) is 18.1 Å². The molecule has 288 valence electrons. The molecule has 1 saturated carbocycles. The first kappa shape index (κ1) is 35.4. The van der Waals surface area contributed by atoms with Gasteiger partial charge in [0.25, 0.3) is 11.8 Å². The molecule has 2 aliphatic heterocycles. The molecule has 5 aromatic carbocycles. The Hall–Kier alpha value is -7.01. The Kier molecular flexibility index (Phi) is 8.12. The number of carbonyl (C=O) groups excluding carboxylic acids is 4. The summed E-state index contributed by atoms with van der Waals surface area (Å²) in [5.41, 5.74) is 7.45. The summed E-state index contributed by atoms with van der Waals surface area (Å²) in [6.45, 7) is 1.95. The van der Waals surface area contributed by atoms with E-state index in [4.69, 9.17) is 9.15 Å². The molecule has 0 unspecified atom stereocenters. The van der Waals surface area contributed by atoms with Crippen molar-refractivity contribution < 1.29 is 33.4 Å². The van der Waals surface area contributed by atoms with Crippen LogP contribution in [0.3, 0.4) is 0 Å². The first-order valence-corrected chi connectivity index (χ1v) is 19.4. The Labute approximate surface area is 333 Å². The molecule has 1 aromatic heterocycles. The lowest BCUT2D eigenvalue weighted by Gasteiger charge is -2.50. The van der Waals surface area contributed by atoms with Crippen LogP contribution in [0.2, 0.25) is 0 Å². The first-order chi connectivity index (χ1) is 28.2. The van der Waals surface area contributed by atoms with Crippen LogP contribution in [-0.4, -0.2) is 45.8 Å². The number of aryl methyl sites for hydroxylation is 1. The average Bonchev–Trinajstić information content (AvgIpc) is 3.86. The SMILES string of the molecule is COc1ccc([C@H]2C3=CC[C@@H]4C(=O)N(c5ccc(-c6nc7ccccc7o6)cc5)C(=O)[C@@H]4[C@@H]3C[C@H]3C(=O)N(Nc4ccc(C)cc4)C(=O)[C@@]23c2ccccc2)c(O)c1. The van der Waals surface area contributed by atoms with E-state index < -0.39 is 46.8 Å². The summed E-state index contributed by atoms with van der Waals surface area (Å²) in [7, 11) is 1.50. The number of imide groups is 2. The number of oxazole rings is 1. The molecular formula is C47H38N4O7. The third kappa shape index (κ3) is 5.15. The van der Waals surface area contributed by atoms with Gasteiger partial charge in [-0.1, -0.05) is 77.9 Å². The summed E-state index contributed by atoms with van der Waals surface area (Å²) < 4.78 is 11.4. The normalized spacial score (nSPS) is 25.1. The number of nitrogens with one attached hydrogen (secondary N) is 1. The monoisotopic (exact) mass is 770 g/mol. The van der Waals surface area contributed by atoms with Gasteiger partial charge in [0, 0.05) is 23.1 Å². The summed E-state index contributed by atoms with van der Waals surface area (Å²) >= 11 is 0. The second kappa shape index (κ2) is 13.3. The second-order valence-corrected chi connectivity index (χ2v) is 15.6. The fraction of sp³-hybridized carbons (Fsp3) is 0.213. The van der Waals surface area contributed by atoms with Crippen LogP contribution in [0.1, 0.15) is 35.4 Å². The summed E-state index contributed by atoms with van der Waals surface area (Å²) in [5, 5.41) is 12.9. The van der Waals surface area contributed by atoms with E-state index in [9.17, 15) is 19.5 Å². The predicted octanol–water partition coefficient (Wildman–Crippen LogP) is 7.71. The molecule has 11 heteroatoms. The molecule has 6 atom stereocenters. The van der Waals surface area contributed by atoms with Crippen LogP contribution < -0.4 is 15.1 Å². The van der Waals surface area contributed by atoms with Crippen LogP contribution in [0.5, 0.6) is 11.5 Å². The Morgan fingerprint density at radius 3 is 2.29 bits per heavy atom. The molecular weight excluding hydrogens is 733 g/mol. The number of hydrogen-bond acceptors (Lipinski definition) is 9. The van der Waals surface area contributed by atoms with Gasteiger partial charge in [-0.05, 0) is 85.8 Å². The van der Waals surface area contributed by atoms with Gasteiger partial charge in [0.05, 0.1) is 41.7 Å². The number of para-hydroxylation sites is 2. The lowest BCUT2D eigenvalue weighted by molar-refractivity contribution is -0.138. The molecule has 58 heavy (non-hydrogen) atoms. The van der Waals surface area contributed by atoms with Gasteiger partial charge in [0.1, 0.15) is 17.0 Å². The van der Waals surface area contributed by atoms with E-state index in [0.717, 1.165) is 21.7 Å². The number of fused-ring (bicyclic) bond motifs is 5. The van der Waals surface area contributed by atoms with E-state index in [-0.39, 0.29) is 30.4 Å². The zero-order valence-corrected chi connectivity index (χ0v) is 31.7. The summed E-state index contributed by atoms with van der Waals surface area (Å²) in [6.07, 6.45) is 2.35. The van der Waals surface area contributed by atoms with Gasteiger partial charge in [-0.25, -0.2) is 4.98 Å². The van der Waals surface area contributed by atoms with Crippen LogP contribution in [0, 0.1) is 30.6 Å². The zero-order chi connectivity index (χ0) is 39.9. The van der Waals surface area contributed by atoms with Crippen molar-refractivity contribution in [3.63, 3.8) is 0 Å². The number of ether oxygens (including phenoxy) is 1. The Bertz CT molecular complexity index is 2660. The zero-order valence-electron chi connectivity index (χ0n) is 31.7. The maximum Gasteiger partial charge on any atom is 0.260 e. The number of nitrogens with zero attached hydrogens (tertiary/aromatic N) is 3. The van der Waals surface area contributed by atoms with E-state index >= 15 is 4.79 Å². The van der Waals surface area contributed by atoms with Crippen molar-refractivity contribution >= 4 is 46.1 Å². The number of methoxy groups -OCH3 is 1. The largest absolute Gasteiger partial charge is 0.508 e. The second-order valence-electron chi connectivity index (χ2n) is 15.6. The van der Waals surface area contributed by atoms with Crippen LogP contribution in [0.4, 0.5) is 11.4 Å². The quantitative estimate of drug-likeness (QED) is 0.123. The Morgan fingerprint density at radius 2 is 1.57 bits per heavy atom. The molecule has 3 fully saturated rings. The number of phenolic OH excluding ortho intramolecular Hbond substituents is 1. The summed E-state index contributed by atoms with van der Waals surface area (Å²) in [6, 6.07) is 36.1. The third-order valence-electron chi connectivity index (χ3n) is 12.6. The molecule has 2 N–H and O–H groups in total. The highest BCUT2D eigenvalue weighted by Gasteiger charge is 2.70. The number of hydrazine groups is 1. The standard InChI is InChI=1S/C47H38N4O7/c1-26-12-16-29(17-13-26)49-51-44(54)36-25-35-32(41(33-21-20-31(57-2)24-38(33)52)47(36,46(51)56)28-8-4-3-5-9-28)22-23-34-40(35)45(55)50(43(34)53)30-18-14-27(15-19-30)42-48-37-10-6-7-11-39(37)58-42/h3-22,24,34-36,40-41,49,52H,23,25H2,1-2H3/t34-,35+,36-,40-,41+,47+/m0/s1. The van der Waals surface area contributed by atoms with Gasteiger partial charge < -0.3 is 14.3 Å². The van der Waals surface area contributed by atoms with Crippen LogP contribution >= 0.6 is 0 Å². The lowest BCUT2D eigenvalue weighted by atomic mass is 9.49. The van der Waals surface area contributed by atoms with Crippen molar-refractivity contribution in [2.24, 2.45) is 23.7 Å². The number of amides is 4. The number of carbonyl (C=O) groups is 4. The highest BCUT2D eigenvalue weighted by Crippen LogP contribution is 2.65. The first-order valence-electron chi connectivity index (χ1n) is 19.4. The molecule has 11 nitrogen and oxygen atoms in total. The predicted molar refractivity (Wildman–Crippen MR) is 215 cm³/mol. The van der Waals surface area contributed by atoms with Crippen molar-refractivity contribution in [2.45, 2.75) is 31.1 Å². The molecule has 0 bridgehead atoms. The maximum atomic E-state index is 15.4. The number of benzene rings is 5. The van der Waals surface area contributed by atoms with Gasteiger partial charge in [0.2, 0.25) is 17.7 Å². The van der Waals surface area contributed by atoms with Crippen LogP contribution in [0.15, 0.2) is 137 Å². The minimum atomic E-state index is -1.51. The van der Waals surface area contributed by atoms with Crippen molar-refractivity contribution in [1.82, 2.24) is 9.99 Å². The number of hydrogen-bond donors (Lipinski definition) is 2. The fourth-order valence-electron chi connectivity index (χ4n) is 9.99. The van der Waals surface area contributed by atoms with Gasteiger partial charge >= 0.3 is 0 Å². The molecule has 10 rings (SSSR count). The molecule has 2 aliphatic carbocycles. The van der Waals surface area contributed by atoms with E-state index in [1.807, 2.05) is 91.9 Å². The average molecular weight is 771 g/mol. The fourth-order valence-corrected chi connectivity index (χ4v) is 9.99. The van der Waals surface area contributed by atoms with Gasteiger partial charge in [0.15, 0.2) is 5.58 Å². The van der Waals surface area contributed by atoms with Crippen molar-refractivity contribution in [3.05, 3.63) is 150 Å². The van der Waals surface area contributed by atoms with Crippen molar-refractivity contribution in [3.8, 4) is 23.0 Å². The lowest BCUT2D eigenvalue weighted by Crippen LogP contribution is -2.53. The van der Waals surface area contributed by atoms with Crippen LogP contribution in [0.25, 0.3) is 22.6 Å². The maximum absolute atomic E-state index is 15.4. The molecule has 6 aromatic rings. The number of anilines is 2. The Balaban J connectivity index is 1.08. The number of allylic oxidation sites excluding steroid dienone is 2. The topological polar surface area (TPSA) is 142 Å². The van der Waals surface area contributed by atoms with Gasteiger partial charge in [-0.15, -0.1) is 0 Å². The minimum absolute atomic E-state index is 0.109. The van der Waals surface area contributed by atoms with Crippen molar-refractivity contribution in [2.75, 3.05) is 17.4 Å². The molecule has 0 spiro atoms. The van der Waals surface area contributed by atoms with E-state index in [2.05, 4.69) is 10.4 Å². The number of rotatable bonds is 7. The highest BCUT2D eigenvalue weighted by atomic mass is 16.5. The molecule has 4 amide bonds. The minimum Gasteiger partial charge on any atom is -0.508 e. The van der Waals surface area contributed by atoms with Gasteiger partial charge in [-0.2, -0.15) is 5.01 Å². The highest BCUT2D eigenvalue weighted by molar-refractivity contribution is 6.22. The summed E-state index contributed by atoms with van der Waals surface area (Å²) in [4.78, 5) is 65.3. The van der Waals surface area contributed by atoms with E-state index in [1.54, 1.807) is 36.4 Å². The third-order valence-corrected chi connectivity index (χ3v) is 12.6. The number of aromatic nitrogens is 1. The summed E-state index contributed by atoms with van der Waals surface area (Å²) in [5.74, 6) is -4.77. The Morgan fingerprint density at radius 1 is 0.828 bits per heavy atom. The smallest absolute Gasteiger partial charge is 0.260 e. The van der Waals surface area contributed by atoms with Gasteiger partial charge in [-0.3, -0.25) is 29.5 Å². The molecule has 4 aliphatic rings. The number of aromatic hydroxyl groups is 1. The van der Waals surface area contributed by atoms with Crippen LogP contribution in [-0.2, 0) is 24.6 Å². The number of phenols is 1.